The summed E-state index contributed by atoms with van der Waals surface area (Å²) in [6.07, 6.45) is 4.55. The second kappa shape index (κ2) is 8.36. The van der Waals surface area contributed by atoms with Gasteiger partial charge in [0, 0.05) is 25.9 Å². The van der Waals surface area contributed by atoms with Gasteiger partial charge in [-0.2, -0.15) is 0 Å². The lowest BCUT2D eigenvalue weighted by Gasteiger charge is -2.32. The molecule has 1 saturated heterocycles. The van der Waals surface area contributed by atoms with Gasteiger partial charge < -0.3 is 15.4 Å². The van der Waals surface area contributed by atoms with E-state index >= 15 is 0 Å². The van der Waals surface area contributed by atoms with E-state index in [0.717, 1.165) is 38.0 Å². The zero-order valence-corrected chi connectivity index (χ0v) is 14.4. The number of rotatable bonds is 6. The van der Waals surface area contributed by atoms with Gasteiger partial charge in [-0.3, -0.25) is 4.79 Å². The SMILES string of the molecule is Cc1ncc(C(=O)N2CCC(OCCCN)CC2)c(C(C)C)n1. The van der Waals surface area contributed by atoms with Crippen LogP contribution in [0, 0.1) is 6.92 Å². The van der Waals surface area contributed by atoms with Crippen molar-refractivity contribution in [1.29, 1.82) is 0 Å². The molecule has 1 aliphatic rings. The third kappa shape index (κ3) is 4.72. The highest BCUT2D eigenvalue weighted by Gasteiger charge is 2.26. The van der Waals surface area contributed by atoms with Crippen LogP contribution in [0.15, 0.2) is 6.20 Å². The lowest BCUT2D eigenvalue weighted by molar-refractivity contribution is 0.00838. The zero-order valence-electron chi connectivity index (χ0n) is 14.4. The first kappa shape index (κ1) is 17.8. The molecule has 1 fully saturated rings. The summed E-state index contributed by atoms with van der Waals surface area (Å²) in [4.78, 5) is 23.3. The number of hydrogen-bond donors (Lipinski definition) is 1. The first-order chi connectivity index (χ1) is 11.0. The van der Waals surface area contributed by atoms with Gasteiger partial charge in [0.2, 0.25) is 0 Å². The van der Waals surface area contributed by atoms with Crippen LogP contribution in [0.4, 0.5) is 0 Å². The molecule has 0 saturated carbocycles. The maximum absolute atomic E-state index is 12.8. The number of amides is 1. The number of hydrogen-bond acceptors (Lipinski definition) is 5. The summed E-state index contributed by atoms with van der Waals surface area (Å²) in [5.41, 5.74) is 6.94. The van der Waals surface area contributed by atoms with Gasteiger partial charge in [-0.05, 0) is 38.6 Å². The van der Waals surface area contributed by atoms with E-state index in [-0.39, 0.29) is 17.9 Å². The monoisotopic (exact) mass is 320 g/mol. The van der Waals surface area contributed by atoms with Crippen LogP contribution in [0.5, 0.6) is 0 Å². The summed E-state index contributed by atoms with van der Waals surface area (Å²) < 4.78 is 5.79. The van der Waals surface area contributed by atoms with Gasteiger partial charge in [0.05, 0.1) is 17.4 Å². The first-order valence-electron chi connectivity index (χ1n) is 8.47. The van der Waals surface area contributed by atoms with Crippen LogP contribution >= 0.6 is 0 Å². The molecule has 1 amide bonds. The smallest absolute Gasteiger partial charge is 0.257 e. The van der Waals surface area contributed by atoms with Crippen molar-refractivity contribution in [1.82, 2.24) is 14.9 Å². The first-order valence-corrected chi connectivity index (χ1v) is 8.47. The molecular weight excluding hydrogens is 292 g/mol. The maximum atomic E-state index is 12.8. The van der Waals surface area contributed by atoms with E-state index in [1.54, 1.807) is 6.20 Å². The maximum Gasteiger partial charge on any atom is 0.257 e. The highest BCUT2D eigenvalue weighted by atomic mass is 16.5. The number of aromatic nitrogens is 2. The van der Waals surface area contributed by atoms with Crippen LogP contribution in [0.25, 0.3) is 0 Å². The molecule has 23 heavy (non-hydrogen) atoms. The van der Waals surface area contributed by atoms with Gasteiger partial charge in [-0.1, -0.05) is 13.8 Å². The molecule has 2 N–H and O–H groups in total. The van der Waals surface area contributed by atoms with Crippen molar-refractivity contribution in [2.45, 2.75) is 52.1 Å². The highest BCUT2D eigenvalue weighted by molar-refractivity contribution is 5.95. The molecule has 1 aromatic heterocycles. The second-order valence-corrected chi connectivity index (χ2v) is 6.38. The normalized spacial score (nSPS) is 16.1. The molecule has 2 rings (SSSR count). The number of likely N-dealkylation sites (tertiary alicyclic amines) is 1. The van der Waals surface area contributed by atoms with Crippen LogP contribution in [-0.4, -0.2) is 53.1 Å². The molecule has 1 aromatic rings. The van der Waals surface area contributed by atoms with Gasteiger partial charge in [0.15, 0.2) is 0 Å². The topological polar surface area (TPSA) is 81.3 Å². The third-order valence-corrected chi connectivity index (χ3v) is 4.15. The number of nitrogens with zero attached hydrogens (tertiary/aromatic N) is 3. The molecule has 0 unspecified atom stereocenters. The molecular formula is C17H28N4O2. The number of carbonyl (C=O) groups is 1. The Kier molecular flexibility index (Phi) is 6.47. The number of aryl methyl sites for hydroxylation is 1. The summed E-state index contributed by atoms with van der Waals surface area (Å²) in [6, 6.07) is 0. The molecule has 128 valence electrons. The van der Waals surface area contributed by atoms with E-state index in [1.807, 2.05) is 11.8 Å². The van der Waals surface area contributed by atoms with Crippen LogP contribution in [0.1, 0.15) is 60.9 Å². The quantitative estimate of drug-likeness (QED) is 0.809. The molecule has 2 heterocycles. The lowest BCUT2D eigenvalue weighted by atomic mass is 10.0. The summed E-state index contributed by atoms with van der Waals surface area (Å²) >= 11 is 0. The minimum Gasteiger partial charge on any atom is -0.378 e. The van der Waals surface area contributed by atoms with Crippen molar-refractivity contribution in [3.8, 4) is 0 Å². The Morgan fingerprint density at radius 3 is 2.74 bits per heavy atom. The molecule has 1 aliphatic heterocycles. The second-order valence-electron chi connectivity index (χ2n) is 6.38. The summed E-state index contributed by atoms with van der Waals surface area (Å²) in [7, 11) is 0. The van der Waals surface area contributed by atoms with E-state index < -0.39 is 0 Å². The Hall–Kier alpha value is -1.53. The number of nitrogens with two attached hydrogens (primary N) is 1. The van der Waals surface area contributed by atoms with E-state index in [9.17, 15) is 4.79 Å². The molecule has 0 aromatic carbocycles. The van der Waals surface area contributed by atoms with Gasteiger partial charge in [-0.25, -0.2) is 9.97 Å². The van der Waals surface area contributed by atoms with E-state index in [1.165, 1.54) is 0 Å². The van der Waals surface area contributed by atoms with Crippen molar-refractivity contribution < 1.29 is 9.53 Å². The predicted octanol–water partition coefficient (Wildman–Crippen LogP) is 1.88. The van der Waals surface area contributed by atoms with Crippen molar-refractivity contribution in [3.63, 3.8) is 0 Å². The Balaban J connectivity index is 1.97. The summed E-state index contributed by atoms with van der Waals surface area (Å²) in [5, 5.41) is 0. The molecule has 6 heteroatoms. The van der Waals surface area contributed by atoms with Crippen molar-refractivity contribution in [3.05, 3.63) is 23.3 Å². The Morgan fingerprint density at radius 1 is 1.43 bits per heavy atom. The van der Waals surface area contributed by atoms with Crippen molar-refractivity contribution in [2.75, 3.05) is 26.2 Å². The standard InChI is InChI=1S/C17H28N4O2/c1-12(2)16-15(11-19-13(3)20-16)17(22)21-8-5-14(6-9-21)23-10-4-7-18/h11-12,14H,4-10,18H2,1-3H3. The average Bonchev–Trinajstić information content (AvgIpc) is 2.55. The van der Waals surface area contributed by atoms with Crippen molar-refractivity contribution >= 4 is 5.91 Å². The molecule has 0 radical (unpaired) electrons. The zero-order chi connectivity index (χ0) is 16.8. The summed E-state index contributed by atoms with van der Waals surface area (Å²) in [6.45, 7) is 8.76. The number of carbonyl (C=O) groups excluding carboxylic acids is 1. The molecule has 6 nitrogen and oxygen atoms in total. The molecule has 0 aliphatic carbocycles. The van der Waals surface area contributed by atoms with Crippen LogP contribution in [0.3, 0.4) is 0 Å². The number of piperidine rings is 1. The Bertz CT molecular complexity index is 525. The fourth-order valence-corrected chi connectivity index (χ4v) is 2.82. The molecule has 0 atom stereocenters. The predicted molar refractivity (Wildman–Crippen MR) is 89.4 cm³/mol. The van der Waals surface area contributed by atoms with Crippen LogP contribution in [0.2, 0.25) is 0 Å². The van der Waals surface area contributed by atoms with Gasteiger partial charge in [0.1, 0.15) is 5.82 Å². The highest BCUT2D eigenvalue weighted by Crippen LogP contribution is 2.21. The lowest BCUT2D eigenvalue weighted by Crippen LogP contribution is -2.41. The van der Waals surface area contributed by atoms with E-state index in [4.69, 9.17) is 10.5 Å². The van der Waals surface area contributed by atoms with E-state index in [2.05, 4.69) is 23.8 Å². The van der Waals surface area contributed by atoms with E-state index in [0.29, 0.717) is 24.5 Å². The Morgan fingerprint density at radius 2 is 2.13 bits per heavy atom. The minimum absolute atomic E-state index is 0.0362. The van der Waals surface area contributed by atoms with Gasteiger partial charge >= 0.3 is 0 Å². The average molecular weight is 320 g/mol. The van der Waals surface area contributed by atoms with Gasteiger partial charge in [0.25, 0.3) is 5.91 Å². The molecule has 0 bridgehead atoms. The minimum atomic E-state index is 0.0362. The fourth-order valence-electron chi connectivity index (χ4n) is 2.82. The van der Waals surface area contributed by atoms with Crippen molar-refractivity contribution in [2.24, 2.45) is 5.73 Å². The largest absolute Gasteiger partial charge is 0.378 e. The van der Waals surface area contributed by atoms with Gasteiger partial charge in [-0.15, -0.1) is 0 Å². The van der Waals surface area contributed by atoms with Crippen LogP contribution in [-0.2, 0) is 4.74 Å². The third-order valence-electron chi connectivity index (χ3n) is 4.15. The van der Waals surface area contributed by atoms with Crippen LogP contribution < -0.4 is 5.73 Å². The number of ether oxygens (including phenoxy) is 1. The Labute approximate surface area is 138 Å². The summed E-state index contributed by atoms with van der Waals surface area (Å²) in [5.74, 6) is 0.944. The molecule has 0 spiro atoms. The fraction of sp³-hybridized carbons (Fsp3) is 0.706.